The number of piperidine rings is 1. The Morgan fingerprint density at radius 3 is 2.97 bits per heavy atom. The minimum atomic E-state index is -3.28. The number of methoxy groups -OCH3 is 1. The van der Waals surface area contributed by atoms with Gasteiger partial charge in [0, 0.05) is 25.2 Å². The van der Waals surface area contributed by atoms with Gasteiger partial charge in [-0.15, -0.1) is 10.2 Å². The summed E-state index contributed by atoms with van der Waals surface area (Å²) in [4.78, 5) is 16.8. The molecule has 3 aromatic heterocycles. The van der Waals surface area contributed by atoms with Gasteiger partial charge in [-0.3, -0.25) is 4.79 Å². The lowest BCUT2D eigenvalue weighted by molar-refractivity contribution is -0.140. The van der Waals surface area contributed by atoms with Crippen LogP contribution in [0.1, 0.15) is 17.5 Å². The molecule has 13 heteroatoms. The molecule has 4 aromatic rings. The number of fused-ring (bicyclic) bond motifs is 2. The summed E-state index contributed by atoms with van der Waals surface area (Å²) in [5.41, 5.74) is 2.39. The van der Waals surface area contributed by atoms with Crippen molar-refractivity contribution in [2.75, 3.05) is 32.1 Å². The van der Waals surface area contributed by atoms with E-state index in [1.54, 1.807) is 24.3 Å². The maximum atomic E-state index is 14.8. The van der Waals surface area contributed by atoms with Gasteiger partial charge in [0.05, 0.1) is 35.8 Å². The number of carbonyl (C=O) groups excluding carboxylic acids is 1. The quantitative estimate of drug-likeness (QED) is 0.443. The highest BCUT2D eigenvalue weighted by molar-refractivity contribution is 5.89. The highest BCUT2D eigenvalue weighted by Gasteiger charge is 2.45. The Kier molecular flexibility index (Phi) is 4.83. The second-order valence-electron chi connectivity index (χ2n) is 8.26. The highest BCUT2D eigenvalue weighted by Crippen LogP contribution is 2.34. The van der Waals surface area contributed by atoms with Crippen molar-refractivity contribution in [3.63, 3.8) is 0 Å². The minimum Gasteiger partial charge on any atom is -0.479 e. The molecule has 0 aliphatic carbocycles. The molecule has 1 fully saturated rings. The lowest BCUT2D eigenvalue weighted by atomic mass is 10.0. The van der Waals surface area contributed by atoms with Crippen LogP contribution in [0.25, 0.3) is 27.7 Å². The lowest BCUT2D eigenvalue weighted by Gasteiger charge is -2.38. The summed E-state index contributed by atoms with van der Waals surface area (Å²) in [6, 6.07) is 5.38. The second-order valence-corrected chi connectivity index (χ2v) is 8.26. The number of nitrogens with zero attached hydrogens (tertiary/aromatic N) is 7. The summed E-state index contributed by atoms with van der Waals surface area (Å²) in [5, 5.41) is 14.8. The van der Waals surface area contributed by atoms with Crippen LogP contribution in [-0.4, -0.2) is 79.2 Å². The largest absolute Gasteiger partial charge is 0.479 e. The van der Waals surface area contributed by atoms with Gasteiger partial charge in [-0.1, -0.05) is 11.3 Å². The number of hydrogen-bond donors (Lipinski definition) is 1. The zero-order valence-corrected chi connectivity index (χ0v) is 18.6. The standard InChI is InChI=1S/C22H23F3N8O2/c1-13(34)31-8-6-18(22(24,25)12-31)26-21-27-20(35-2)19-15(5-9-33(19)29-21)14-3-4-16-17(11-14)32(10-7-23)30-28-16/h3-5,9,11,18H,6-8,10,12H2,1-2H3,(H,26,29)/t18-/m1/s1/i2D3. The van der Waals surface area contributed by atoms with E-state index in [4.69, 9.17) is 8.85 Å². The van der Waals surface area contributed by atoms with Gasteiger partial charge in [-0.25, -0.2) is 22.4 Å². The van der Waals surface area contributed by atoms with Crippen molar-refractivity contribution in [1.82, 2.24) is 34.5 Å². The molecule has 1 aliphatic rings. The minimum absolute atomic E-state index is 0.0119. The van der Waals surface area contributed by atoms with Crippen LogP contribution in [0.3, 0.4) is 0 Å². The van der Waals surface area contributed by atoms with Crippen LogP contribution in [0.2, 0.25) is 0 Å². The van der Waals surface area contributed by atoms with E-state index < -0.39 is 38.1 Å². The first-order valence-corrected chi connectivity index (χ1v) is 10.8. The maximum absolute atomic E-state index is 14.8. The molecule has 1 atom stereocenters. The predicted octanol–water partition coefficient (Wildman–Crippen LogP) is 2.79. The molecule has 35 heavy (non-hydrogen) atoms. The highest BCUT2D eigenvalue weighted by atomic mass is 19.3. The fourth-order valence-electron chi connectivity index (χ4n) is 4.28. The number of benzene rings is 1. The Labute approximate surface area is 201 Å². The zero-order valence-electron chi connectivity index (χ0n) is 21.6. The molecular formula is C22H23F3N8O2. The number of aromatic nitrogens is 6. The molecule has 1 amide bonds. The molecule has 1 saturated heterocycles. The number of ether oxygens (including phenoxy) is 1. The molecular weight excluding hydrogens is 465 g/mol. The zero-order chi connectivity index (χ0) is 27.2. The SMILES string of the molecule is [2H]C([2H])([2H])Oc1nc(N[C@@H]2CCN(C(C)=O)CC2(F)F)nn2ccc(-c3ccc4nnn(CCF)c4c3)c12. The second kappa shape index (κ2) is 8.71. The van der Waals surface area contributed by atoms with Crippen molar-refractivity contribution in [3.8, 4) is 17.0 Å². The average Bonchev–Trinajstić information content (AvgIpc) is 3.43. The Morgan fingerprint density at radius 2 is 2.23 bits per heavy atom. The van der Waals surface area contributed by atoms with Crippen molar-refractivity contribution < 1.29 is 26.8 Å². The molecule has 10 nitrogen and oxygen atoms in total. The molecule has 0 bridgehead atoms. The molecule has 1 aromatic carbocycles. The Hall–Kier alpha value is -3.90. The number of likely N-dealkylation sites (tertiary alicyclic amines) is 1. The molecule has 0 unspecified atom stereocenters. The third kappa shape index (κ3) is 4.10. The van der Waals surface area contributed by atoms with Crippen LogP contribution in [0, 0.1) is 0 Å². The van der Waals surface area contributed by atoms with Gasteiger partial charge in [-0.05, 0) is 30.2 Å². The van der Waals surface area contributed by atoms with E-state index in [1.807, 2.05) is 0 Å². The van der Waals surface area contributed by atoms with Crippen LogP contribution in [-0.2, 0) is 11.3 Å². The number of aryl methyl sites for hydroxylation is 1. The van der Waals surface area contributed by atoms with E-state index >= 15 is 0 Å². The topological polar surface area (TPSA) is 102 Å². The van der Waals surface area contributed by atoms with E-state index in [9.17, 15) is 18.0 Å². The van der Waals surface area contributed by atoms with Crippen molar-refractivity contribution in [2.24, 2.45) is 0 Å². The first-order valence-electron chi connectivity index (χ1n) is 12.3. The van der Waals surface area contributed by atoms with Gasteiger partial charge < -0.3 is 15.0 Å². The molecule has 5 rings (SSSR count). The van der Waals surface area contributed by atoms with E-state index in [0.717, 1.165) is 4.90 Å². The number of hydrogen-bond acceptors (Lipinski definition) is 7. The number of carbonyl (C=O) groups is 1. The number of amides is 1. The average molecular weight is 491 g/mol. The predicted molar refractivity (Wildman–Crippen MR) is 121 cm³/mol. The van der Waals surface area contributed by atoms with Gasteiger partial charge in [0.15, 0.2) is 0 Å². The van der Waals surface area contributed by atoms with Crippen LogP contribution in [0.4, 0.5) is 19.1 Å². The number of halogens is 3. The third-order valence-electron chi connectivity index (χ3n) is 6.04. The van der Waals surface area contributed by atoms with Crippen LogP contribution in [0.5, 0.6) is 5.88 Å². The summed E-state index contributed by atoms with van der Waals surface area (Å²) < 4.78 is 73.2. The van der Waals surface area contributed by atoms with Gasteiger partial charge in [0.1, 0.15) is 17.7 Å². The van der Waals surface area contributed by atoms with Crippen LogP contribution < -0.4 is 10.1 Å². The normalized spacial score (nSPS) is 19.4. The van der Waals surface area contributed by atoms with Crippen molar-refractivity contribution in [1.29, 1.82) is 0 Å². The summed E-state index contributed by atoms with van der Waals surface area (Å²) in [5.74, 6) is -4.33. The van der Waals surface area contributed by atoms with Gasteiger partial charge in [0.2, 0.25) is 17.7 Å². The number of alkyl halides is 3. The lowest BCUT2D eigenvalue weighted by Crippen LogP contribution is -2.55. The van der Waals surface area contributed by atoms with Crippen molar-refractivity contribution >= 4 is 28.4 Å². The van der Waals surface area contributed by atoms with E-state index in [-0.39, 0.29) is 36.9 Å². The smallest absolute Gasteiger partial charge is 0.285 e. The summed E-state index contributed by atoms with van der Waals surface area (Å²) in [6.07, 6.45) is 1.45. The summed E-state index contributed by atoms with van der Waals surface area (Å²) >= 11 is 0. The van der Waals surface area contributed by atoms with E-state index in [0.29, 0.717) is 22.2 Å². The Bertz CT molecular complexity index is 1510. The fraction of sp³-hybridized carbons (Fsp3) is 0.409. The first-order chi connectivity index (χ1) is 17.9. The summed E-state index contributed by atoms with van der Waals surface area (Å²) in [6.45, 7) is -0.0345. The Balaban J connectivity index is 1.55. The summed E-state index contributed by atoms with van der Waals surface area (Å²) in [7, 11) is -2.89. The number of anilines is 1. The molecule has 184 valence electrons. The van der Waals surface area contributed by atoms with Crippen molar-refractivity contribution in [3.05, 3.63) is 30.5 Å². The monoisotopic (exact) mass is 491 g/mol. The fourth-order valence-corrected chi connectivity index (χ4v) is 4.28. The molecule has 4 heterocycles. The van der Waals surface area contributed by atoms with Crippen LogP contribution in [0.15, 0.2) is 30.5 Å². The van der Waals surface area contributed by atoms with Crippen LogP contribution >= 0.6 is 0 Å². The molecule has 0 radical (unpaired) electrons. The van der Waals surface area contributed by atoms with Crippen molar-refractivity contribution in [2.45, 2.75) is 31.9 Å². The molecule has 1 N–H and O–H groups in total. The van der Waals surface area contributed by atoms with Gasteiger partial charge >= 0.3 is 0 Å². The van der Waals surface area contributed by atoms with Gasteiger partial charge in [0.25, 0.3) is 5.92 Å². The number of nitrogens with one attached hydrogen (secondary N) is 1. The Morgan fingerprint density at radius 1 is 1.37 bits per heavy atom. The van der Waals surface area contributed by atoms with E-state index in [1.165, 1.54) is 22.3 Å². The third-order valence-corrected chi connectivity index (χ3v) is 6.04. The molecule has 0 spiro atoms. The number of rotatable bonds is 6. The molecule has 1 aliphatic heterocycles. The van der Waals surface area contributed by atoms with Gasteiger partial charge in [-0.2, -0.15) is 4.98 Å². The first kappa shape index (κ1) is 19.4. The maximum Gasteiger partial charge on any atom is 0.285 e. The molecule has 0 saturated carbocycles. The van der Waals surface area contributed by atoms with E-state index in [2.05, 4.69) is 25.7 Å².